The summed E-state index contributed by atoms with van der Waals surface area (Å²) in [6, 6.07) is 0. The Bertz CT molecular complexity index is 273. The molecule has 4 N–H and O–H groups in total. The standard InChI is InChI=1S/C14H30N4O/c1-12(2)10-14(6-4-5-7-14)11-17-13(18-15)16-8-9-19-3/h12H,4-11,15H2,1-3H3,(H2,16,17,18). The molecule has 19 heavy (non-hydrogen) atoms. The highest BCUT2D eigenvalue weighted by molar-refractivity contribution is 5.79. The maximum atomic E-state index is 5.50. The molecule has 0 unspecified atom stereocenters. The summed E-state index contributed by atoms with van der Waals surface area (Å²) >= 11 is 0. The topological polar surface area (TPSA) is 71.7 Å². The number of methoxy groups -OCH3 is 1. The number of hydrogen-bond donors (Lipinski definition) is 3. The van der Waals surface area contributed by atoms with Crippen LogP contribution in [0.5, 0.6) is 0 Å². The van der Waals surface area contributed by atoms with Gasteiger partial charge < -0.3 is 10.1 Å². The number of nitrogens with zero attached hydrogens (tertiary/aromatic N) is 1. The Hall–Kier alpha value is -0.810. The van der Waals surface area contributed by atoms with E-state index in [1.54, 1.807) is 7.11 Å². The maximum Gasteiger partial charge on any atom is 0.205 e. The number of nitrogens with one attached hydrogen (secondary N) is 2. The van der Waals surface area contributed by atoms with E-state index in [0.29, 0.717) is 18.0 Å². The summed E-state index contributed by atoms with van der Waals surface area (Å²) in [4.78, 5) is 4.64. The lowest BCUT2D eigenvalue weighted by molar-refractivity contribution is 0.203. The van der Waals surface area contributed by atoms with Gasteiger partial charge >= 0.3 is 0 Å². The fraction of sp³-hybridized carbons (Fsp3) is 0.929. The molecule has 0 aromatic rings. The molecular weight excluding hydrogens is 240 g/mol. The number of nitrogens with two attached hydrogens (primary N) is 1. The molecular formula is C14H30N4O. The average Bonchev–Trinajstić information content (AvgIpc) is 2.81. The van der Waals surface area contributed by atoms with Gasteiger partial charge in [-0.3, -0.25) is 10.4 Å². The highest BCUT2D eigenvalue weighted by Gasteiger charge is 2.34. The van der Waals surface area contributed by atoms with Gasteiger partial charge in [-0.05, 0) is 30.6 Å². The largest absolute Gasteiger partial charge is 0.383 e. The molecule has 1 saturated carbocycles. The first-order valence-electron chi connectivity index (χ1n) is 7.36. The summed E-state index contributed by atoms with van der Waals surface area (Å²) in [6.07, 6.45) is 6.52. The Morgan fingerprint density at radius 3 is 2.58 bits per heavy atom. The van der Waals surface area contributed by atoms with Gasteiger partial charge in [-0.25, -0.2) is 5.84 Å². The fourth-order valence-corrected chi connectivity index (χ4v) is 3.09. The molecule has 0 heterocycles. The first kappa shape index (κ1) is 16.2. The molecule has 0 atom stereocenters. The second kappa shape index (κ2) is 8.38. The molecule has 1 aliphatic carbocycles. The van der Waals surface area contributed by atoms with Crippen molar-refractivity contribution in [3.8, 4) is 0 Å². The van der Waals surface area contributed by atoms with Crippen molar-refractivity contribution >= 4 is 5.96 Å². The second-order valence-electron chi connectivity index (χ2n) is 6.03. The Morgan fingerprint density at radius 1 is 1.37 bits per heavy atom. The third kappa shape index (κ3) is 5.78. The van der Waals surface area contributed by atoms with Crippen molar-refractivity contribution in [1.82, 2.24) is 10.7 Å². The molecule has 1 rings (SSSR count). The summed E-state index contributed by atoms with van der Waals surface area (Å²) in [5, 5.41) is 3.15. The van der Waals surface area contributed by atoms with Crippen molar-refractivity contribution in [3.05, 3.63) is 0 Å². The van der Waals surface area contributed by atoms with Gasteiger partial charge in [0.1, 0.15) is 0 Å². The van der Waals surface area contributed by atoms with Gasteiger partial charge in [0.15, 0.2) is 0 Å². The number of guanidine groups is 1. The quantitative estimate of drug-likeness (QED) is 0.216. The van der Waals surface area contributed by atoms with Gasteiger partial charge in [0.05, 0.1) is 6.61 Å². The minimum absolute atomic E-state index is 0.388. The van der Waals surface area contributed by atoms with E-state index >= 15 is 0 Å². The first-order valence-corrected chi connectivity index (χ1v) is 7.36. The normalized spacial score (nSPS) is 18.9. The molecule has 1 fully saturated rings. The lowest BCUT2D eigenvalue weighted by Gasteiger charge is -2.29. The Kier molecular flexibility index (Phi) is 7.16. The summed E-state index contributed by atoms with van der Waals surface area (Å²) in [6.45, 7) is 6.82. The van der Waals surface area contributed by atoms with Gasteiger partial charge in [0.2, 0.25) is 5.96 Å². The van der Waals surface area contributed by atoms with Crippen molar-refractivity contribution in [2.24, 2.45) is 22.2 Å². The fourth-order valence-electron chi connectivity index (χ4n) is 3.09. The third-order valence-electron chi connectivity index (χ3n) is 3.81. The van der Waals surface area contributed by atoms with E-state index in [9.17, 15) is 0 Å². The minimum Gasteiger partial charge on any atom is -0.383 e. The monoisotopic (exact) mass is 270 g/mol. The number of hydrazine groups is 1. The lowest BCUT2D eigenvalue weighted by atomic mass is 9.78. The van der Waals surface area contributed by atoms with Gasteiger partial charge in [0, 0.05) is 20.2 Å². The smallest absolute Gasteiger partial charge is 0.205 e. The highest BCUT2D eigenvalue weighted by Crippen LogP contribution is 2.43. The first-order chi connectivity index (χ1) is 9.12. The number of rotatable bonds is 7. The van der Waals surface area contributed by atoms with Gasteiger partial charge in [-0.1, -0.05) is 26.7 Å². The predicted octanol–water partition coefficient (Wildman–Crippen LogP) is 1.65. The Labute approximate surface area is 117 Å². The average molecular weight is 270 g/mol. The highest BCUT2D eigenvalue weighted by atomic mass is 16.5. The third-order valence-corrected chi connectivity index (χ3v) is 3.81. The van der Waals surface area contributed by atoms with Crippen LogP contribution in [0.2, 0.25) is 0 Å². The molecule has 5 nitrogen and oxygen atoms in total. The van der Waals surface area contributed by atoms with Crippen LogP contribution in [0.15, 0.2) is 4.99 Å². The molecule has 5 heteroatoms. The van der Waals surface area contributed by atoms with E-state index in [1.165, 1.54) is 32.1 Å². The zero-order valence-electron chi connectivity index (χ0n) is 12.7. The van der Waals surface area contributed by atoms with Crippen LogP contribution in [0.1, 0.15) is 46.0 Å². The van der Waals surface area contributed by atoms with Crippen molar-refractivity contribution in [3.63, 3.8) is 0 Å². The van der Waals surface area contributed by atoms with Crippen LogP contribution in [0.25, 0.3) is 0 Å². The van der Waals surface area contributed by atoms with E-state index in [-0.39, 0.29) is 0 Å². The molecule has 0 amide bonds. The van der Waals surface area contributed by atoms with Crippen LogP contribution in [0, 0.1) is 11.3 Å². The molecule has 0 aromatic carbocycles. The van der Waals surface area contributed by atoms with Gasteiger partial charge in [-0.15, -0.1) is 0 Å². The van der Waals surface area contributed by atoms with Crippen LogP contribution in [-0.4, -0.2) is 32.8 Å². The number of ether oxygens (including phenoxy) is 1. The summed E-state index contributed by atoms with van der Waals surface area (Å²) < 4.78 is 5.00. The molecule has 0 aromatic heterocycles. The lowest BCUT2D eigenvalue weighted by Crippen LogP contribution is -2.43. The Morgan fingerprint density at radius 2 is 2.05 bits per heavy atom. The van der Waals surface area contributed by atoms with Crippen LogP contribution in [0.4, 0.5) is 0 Å². The molecule has 0 spiro atoms. The van der Waals surface area contributed by atoms with Crippen molar-refractivity contribution in [1.29, 1.82) is 0 Å². The van der Waals surface area contributed by atoms with Crippen molar-refractivity contribution in [2.45, 2.75) is 46.0 Å². The van der Waals surface area contributed by atoms with E-state index in [0.717, 1.165) is 19.0 Å². The van der Waals surface area contributed by atoms with Crippen molar-refractivity contribution < 1.29 is 4.74 Å². The number of hydrogen-bond acceptors (Lipinski definition) is 3. The van der Waals surface area contributed by atoms with E-state index in [1.807, 2.05) is 0 Å². The van der Waals surface area contributed by atoms with Gasteiger partial charge in [0.25, 0.3) is 0 Å². The SMILES string of the molecule is COCCNC(=NCC1(CC(C)C)CCCC1)NN. The molecule has 112 valence electrons. The predicted molar refractivity (Wildman–Crippen MR) is 79.9 cm³/mol. The molecule has 0 aliphatic heterocycles. The van der Waals surface area contributed by atoms with E-state index in [4.69, 9.17) is 10.6 Å². The second-order valence-corrected chi connectivity index (χ2v) is 6.03. The zero-order chi connectivity index (χ0) is 14.1. The maximum absolute atomic E-state index is 5.50. The molecule has 0 saturated heterocycles. The summed E-state index contributed by atoms with van der Waals surface area (Å²) in [5.41, 5.74) is 3.03. The molecule has 1 aliphatic rings. The van der Waals surface area contributed by atoms with Crippen LogP contribution in [0.3, 0.4) is 0 Å². The van der Waals surface area contributed by atoms with Gasteiger partial charge in [-0.2, -0.15) is 0 Å². The van der Waals surface area contributed by atoms with Crippen LogP contribution in [-0.2, 0) is 4.74 Å². The summed E-state index contributed by atoms with van der Waals surface area (Å²) in [7, 11) is 1.69. The number of aliphatic imine (C=N–C) groups is 1. The van der Waals surface area contributed by atoms with E-state index < -0.39 is 0 Å². The zero-order valence-corrected chi connectivity index (χ0v) is 12.7. The van der Waals surface area contributed by atoms with Crippen molar-refractivity contribution in [2.75, 3.05) is 26.8 Å². The van der Waals surface area contributed by atoms with Crippen LogP contribution >= 0.6 is 0 Å². The van der Waals surface area contributed by atoms with E-state index in [2.05, 4.69) is 29.6 Å². The Balaban J connectivity index is 2.52. The molecule has 0 radical (unpaired) electrons. The molecule has 0 bridgehead atoms. The summed E-state index contributed by atoms with van der Waals surface area (Å²) in [5.74, 6) is 6.90. The van der Waals surface area contributed by atoms with Crippen LogP contribution < -0.4 is 16.6 Å². The minimum atomic E-state index is 0.388.